The van der Waals surface area contributed by atoms with Crippen molar-refractivity contribution in [3.63, 3.8) is 0 Å². The molecule has 2 bridgehead atoms. The SMILES string of the molecule is Cl.OC1CC2CCC(C1)N2CC(O)(c1ccccc1)c1ccccc1. The largest absolute Gasteiger partial charge is 0.393 e. The van der Waals surface area contributed by atoms with Crippen LogP contribution in [-0.4, -0.2) is 39.8 Å². The maximum atomic E-state index is 11.7. The van der Waals surface area contributed by atoms with E-state index in [4.69, 9.17) is 0 Å². The van der Waals surface area contributed by atoms with Crippen LogP contribution in [0.1, 0.15) is 36.8 Å². The molecule has 2 aromatic carbocycles. The number of hydrogen-bond donors (Lipinski definition) is 2. The van der Waals surface area contributed by atoms with Crippen molar-refractivity contribution in [3.05, 3.63) is 71.8 Å². The lowest BCUT2D eigenvalue weighted by Gasteiger charge is -2.42. The van der Waals surface area contributed by atoms with Crippen molar-refractivity contribution in [1.82, 2.24) is 4.90 Å². The first-order valence-electron chi connectivity index (χ1n) is 8.94. The Labute approximate surface area is 155 Å². The first-order valence-corrected chi connectivity index (χ1v) is 8.94. The maximum absolute atomic E-state index is 11.7. The van der Waals surface area contributed by atoms with E-state index in [0.29, 0.717) is 18.6 Å². The lowest BCUT2D eigenvalue weighted by molar-refractivity contribution is -0.0231. The fraction of sp³-hybridized carbons (Fsp3) is 0.429. The van der Waals surface area contributed by atoms with E-state index < -0.39 is 5.60 Å². The van der Waals surface area contributed by atoms with Crippen molar-refractivity contribution in [2.75, 3.05) is 6.54 Å². The highest BCUT2D eigenvalue weighted by atomic mass is 35.5. The molecular weight excluding hydrogens is 334 g/mol. The quantitative estimate of drug-likeness (QED) is 0.880. The fourth-order valence-corrected chi connectivity index (χ4v) is 4.54. The molecule has 2 fully saturated rings. The van der Waals surface area contributed by atoms with Crippen molar-refractivity contribution in [2.45, 2.75) is 49.5 Å². The van der Waals surface area contributed by atoms with Gasteiger partial charge in [-0.25, -0.2) is 0 Å². The highest BCUT2D eigenvalue weighted by molar-refractivity contribution is 5.85. The Morgan fingerprint density at radius 1 is 0.840 bits per heavy atom. The second-order valence-corrected chi connectivity index (χ2v) is 7.27. The van der Waals surface area contributed by atoms with Gasteiger partial charge in [-0.2, -0.15) is 0 Å². The van der Waals surface area contributed by atoms with Gasteiger partial charge in [0.05, 0.1) is 6.10 Å². The minimum atomic E-state index is -1.02. The Balaban J connectivity index is 0.00000182. The van der Waals surface area contributed by atoms with E-state index in [1.165, 1.54) is 0 Å². The summed E-state index contributed by atoms with van der Waals surface area (Å²) in [6.45, 7) is 0.586. The van der Waals surface area contributed by atoms with Crippen LogP contribution in [0.25, 0.3) is 0 Å². The van der Waals surface area contributed by atoms with Gasteiger partial charge in [0, 0.05) is 18.6 Å². The number of aliphatic hydroxyl groups is 2. The zero-order valence-corrected chi connectivity index (χ0v) is 15.1. The Morgan fingerprint density at radius 2 is 1.28 bits per heavy atom. The third-order valence-electron chi connectivity index (χ3n) is 5.77. The summed E-state index contributed by atoms with van der Waals surface area (Å²) in [6.07, 6.45) is 3.73. The summed E-state index contributed by atoms with van der Waals surface area (Å²) in [5.41, 5.74) is 0.842. The number of fused-ring (bicyclic) bond motifs is 2. The lowest BCUT2D eigenvalue weighted by Crippen LogP contribution is -2.51. The van der Waals surface area contributed by atoms with Crippen LogP contribution in [0.3, 0.4) is 0 Å². The molecule has 2 aliphatic heterocycles. The van der Waals surface area contributed by atoms with Crippen molar-refractivity contribution >= 4 is 12.4 Å². The topological polar surface area (TPSA) is 43.7 Å². The molecule has 2 aromatic rings. The second kappa shape index (κ2) is 7.46. The van der Waals surface area contributed by atoms with E-state index in [-0.39, 0.29) is 18.5 Å². The zero-order chi connectivity index (χ0) is 16.6. The highest BCUT2D eigenvalue weighted by Crippen LogP contribution is 2.40. The van der Waals surface area contributed by atoms with Gasteiger partial charge < -0.3 is 10.2 Å². The first kappa shape index (κ1) is 18.4. The van der Waals surface area contributed by atoms with Crippen molar-refractivity contribution in [3.8, 4) is 0 Å². The van der Waals surface area contributed by atoms with Gasteiger partial charge in [-0.3, -0.25) is 4.90 Å². The molecule has 0 radical (unpaired) electrons. The minimum absolute atomic E-state index is 0. The van der Waals surface area contributed by atoms with Crippen molar-refractivity contribution < 1.29 is 10.2 Å². The second-order valence-electron chi connectivity index (χ2n) is 7.27. The molecule has 3 nitrogen and oxygen atoms in total. The van der Waals surface area contributed by atoms with E-state index in [0.717, 1.165) is 36.8 Å². The van der Waals surface area contributed by atoms with Crippen LogP contribution in [-0.2, 0) is 5.60 Å². The van der Waals surface area contributed by atoms with Gasteiger partial charge in [-0.1, -0.05) is 60.7 Å². The third kappa shape index (κ3) is 3.47. The van der Waals surface area contributed by atoms with E-state index in [1.54, 1.807) is 0 Å². The zero-order valence-electron chi connectivity index (χ0n) is 14.3. The molecule has 134 valence electrons. The number of rotatable bonds is 4. The van der Waals surface area contributed by atoms with Crippen LogP contribution in [0.4, 0.5) is 0 Å². The van der Waals surface area contributed by atoms with Gasteiger partial charge in [-0.05, 0) is 36.8 Å². The monoisotopic (exact) mass is 359 g/mol. The van der Waals surface area contributed by atoms with Crippen LogP contribution in [0, 0.1) is 0 Å². The average molecular weight is 360 g/mol. The predicted molar refractivity (Wildman–Crippen MR) is 102 cm³/mol. The molecule has 4 heteroatoms. The van der Waals surface area contributed by atoms with Gasteiger partial charge in [-0.15, -0.1) is 12.4 Å². The molecule has 2 heterocycles. The van der Waals surface area contributed by atoms with E-state index in [2.05, 4.69) is 4.90 Å². The van der Waals surface area contributed by atoms with Gasteiger partial charge >= 0.3 is 0 Å². The summed E-state index contributed by atoms with van der Waals surface area (Å²) < 4.78 is 0. The number of piperidine rings is 1. The van der Waals surface area contributed by atoms with Crippen LogP contribution in [0.5, 0.6) is 0 Å². The molecule has 2 saturated heterocycles. The molecular formula is C21H26ClNO2. The molecule has 0 saturated carbocycles. The molecule has 0 aromatic heterocycles. The Morgan fingerprint density at radius 3 is 1.72 bits per heavy atom. The Hall–Kier alpha value is -1.39. The van der Waals surface area contributed by atoms with Crippen molar-refractivity contribution in [1.29, 1.82) is 0 Å². The number of nitrogens with zero attached hydrogens (tertiary/aromatic N) is 1. The minimum Gasteiger partial charge on any atom is -0.393 e. The fourth-order valence-electron chi connectivity index (χ4n) is 4.54. The smallest absolute Gasteiger partial charge is 0.127 e. The van der Waals surface area contributed by atoms with Crippen molar-refractivity contribution in [2.24, 2.45) is 0 Å². The third-order valence-corrected chi connectivity index (χ3v) is 5.77. The molecule has 25 heavy (non-hydrogen) atoms. The maximum Gasteiger partial charge on any atom is 0.127 e. The van der Waals surface area contributed by atoms with E-state index in [9.17, 15) is 10.2 Å². The predicted octanol–water partition coefficient (Wildman–Crippen LogP) is 3.33. The normalized spacial score (nSPS) is 26.2. The van der Waals surface area contributed by atoms with Gasteiger partial charge in [0.1, 0.15) is 5.60 Å². The Kier molecular flexibility index (Phi) is 5.49. The van der Waals surface area contributed by atoms with Crippen LogP contribution in [0.2, 0.25) is 0 Å². The summed E-state index contributed by atoms with van der Waals surface area (Å²) in [7, 11) is 0. The molecule has 2 atom stereocenters. The van der Waals surface area contributed by atoms with Crippen LogP contribution < -0.4 is 0 Å². The standard InChI is InChI=1S/C21H25NO2.ClH/c23-20-13-18-11-12-19(14-20)22(18)15-21(24,16-7-3-1-4-8-16)17-9-5-2-6-10-17;/h1-10,18-20,23-24H,11-15H2;1H. The van der Waals surface area contributed by atoms with Crippen LogP contribution in [0.15, 0.2) is 60.7 Å². The Bertz CT molecular complexity index is 625. The summed E-state index contributed by atoms with van der Waals surface area (Å²) in [5, 5.41) is 21.8. The molecule has 4 rings (SSSR count). The molecule has 2 N–H and O–H groups in total. The number of hydrogen-bond acceptors (Lipinski definition) is 3. The molecule has 0 spiro atoms. The highest BCUT2D eigenvalue weighted by Gasteiger charge is 2.44. The van der Waals surface area contributed by atoms with E-state index >= 15 is 0 Å². The summed E-state index contributed by atoms with van der Waals surface area (Å²) in [6, 6.07) is 20.7. The van der Waals surface area contributed by atoms with Gasteiger partial charge in [0.25, 0.3) is 0 Å². The summed E-state index contributed by atoms with van der Waals surface area (Å²) in [4.78, 5) is 2.44. The number of aliphatic hydroxyl groups excluding tert-OH is 1. The van der Waals surface area contributed by atoms with E-state index in [1.807, 2.05) is 60.7 Å². The molecule has 2 unspecified atom stereocenters. The van der Waals surface area contributed by atoms with Gasteiger partial charge in [0.2, 0.25) is 0 Å². The molecule has 2 aliphatic rings. The summed E-state index contributed by atoms with van der Waals surface area (Å²) in [5.74, 6) is 0. The van der Waals surface area contributed by atoms with Crippen LogP contribution >= 0.6 is 12.4 Å². The average Bonchev–Trinajstić information content (AvgIpc) is 2.86. The summed E-state index contributed by atoms with van der Waals surface area (Å²) >= 11 is 0. The lowest BCUT2D eigenvalue weighted by atomic mass is 9.84. The molecule has 0 aliphatic carbocycles. The van der Waals surface area contributed by atoms with Gasteiger partial charge in [0.15, 0.2) is 0 Å². The number of halogens is 1. The first-order chi connectivity index (χ1) is 11.7. The molecule has 0 amide bonds. The number of benzene rings is 2.